The molecule has 1 atom stereocenters. The van der Waals surface area contributed by atoms with E-state index in [1.54, 1.807) is 29.1 Å². The maximum atomic E-state index is 15.2. The van der Waals surface area contributed by atoms with Gasteiger partial charge in [0.2, 0.25) is 5.91 Å². The standard InChI is InChI=1S/C32H26ClFN8O3/c1-19(43)20-6-7-21(35-17-20)16-29(44)32-24-5-3-4-23(27-12-14-37-40(27)2)22(24)13-15-41(32)30(45)11-8-25-28(42-18-36-38-39-42)10-9-26(33)31(25)34/h3-12,14,17-18,32H,13,15-16H2,1-2H3/b11-8+. The van der Waals surface area contributed by atoms with Crippen molar-refractivity contribution in [2.75, 3.05) is 6.54 Å². The molecule has 0 bridgehead atoms. The zero-order valence-corrected chi connectivity index (χ0v) is 25.0. The number of tetrazole rings is 1. The third kappa shape index (κ3) is 5.79. The van der Waals surface area contributed by atoms with E-state index in [-0.39, 0.29) is 40.8 Å². The number of nitrogens with zero attached hydrogens (tertiary/aromatic N) is 8. The van der Waals surface area contributed by atoms with Gasteiger partial charge in [0.25, 0.3) is 0 Å². The number of pyridine rings is 1. The Morgan fingerprint density at radius 3 is 2.64 bits per heavy atom. The van der Waals surface area contributed by atoms with Crippen molar-refractivity contribution in [3.63, 3.8) is 0 Å². The van der Waals surface area contributed by atoms with Gasteiger partial charge in [-0.25, -0.2) is 4.39 Å². The van der Waals surface area contributed by atoms with E-state index < -0.39 is 17.8 Å². The Morgan fingerprint density at radius 1 is 1.11 bits per heavy atom. The van der Waals surface area contributed by atoms with Crippen molar-refractivity contribution < 1.29 is 18.8 Å². The molecule has 2 aromatic carbocycles. The number of fused-ring (bicyclic) bond motifs is 1. The number of halogens is 2. The predicted octanol–water partition coefficient (Wildman–Crippen LogP) is 4.40. The van der Waals surface area contributed by atoms with Crippen LogP contribution in [-0.2, 0) is 29.5 Å². The normalized spacial score (nSPS) is 14.5. The third-order valence-corrected chi connectivity index (χ3v) is 8.08. The zero-order chi connectivity index (χ0) is 31.7. The summed E-state index contributed by atoms with van der Waals surface area (Å²) in [6.07, 6.45) is 7.38. The van der Waals surface area contributed by atoms with Crippen LogP contribution in [0.1, 0.15) is 45.7 Å². The zero-order valence-electron chi connectivity index (χ0n) is 24.3. The van der Waals surface area contributed by atoms with Crippen LogP contribution in [0.15, 0.2) is 73.3 Å². The molecular formula is C32H26ClFN8O3. The first-order valence-electron chi connectivity index (χ1n) is 14.0. The predicted molar refractivity (Wildman–Crippen MR) is 163 cm³/mol. The molecule has 13 heteroatoms. The molecule has 5 aromatic rings. The van der Waals surface area contributed by atoms with Crippen LogP contribution < -0.4 is 0 Å². The molecule has 3 aromatic heterocycles. The SMILES string of the molecule is CC(=O)c1ccc(CC(=O)C2c3cccc(-c4ccnn4C)c3CCN2C(=O)/C=C/c2c(-n3cnnn3)ccc(Cl)c2F)nc1. The first-order valence-corrected chi connectivity index (χ1v) is 14.4. The monoisotopic (exact) mass is 624 g/mol. The number of Topliss-reactive ketones (excluding diaryl/α,β-unsaturated/α-hetero) is 2. The topological polar surface area (TPSA) is 129 Å². The Kier molecular flexibility index (Phi) is 8.14. The van der Waals surface area contributed by atoms with Gasteiger partial charge in [-0.3, -0.25) is 24.0 Å². The van der Waals surface area contributed by atoms with Gasteiger partial charge in [0.15, 0.2) is 17.4 Å². The largest absolute Gasteiger partial charge is 0.325 e. The number of rotatable bonds is 8. The van der Waals surface area contributed by atoms with Crippen molar-refractivity contribution in [2.24, 2.45) is 7.05 Å². The number of ketones is 2. The number of aromatic nitrogens is 7. The molecule has 1 aliphatic rings. The average molecular weight is 625 g/mol. The molecule has 1 amide bonds. The van der Waals surface area contributed by atoms with E-state index in [0.717, 1.165) is 16.8 Å². The Balaban J connectivity index is 1.38. The highest BCUT2D eigenvalue weighted by Gasteiger charge is 2.36. The number of aryl methyl sites for hydroxylation is 1. The van der Waals surface area contributed by atoms with E-state index in [1.807, 2.05) is 31.3 Å². The Hall–Kier alpha value is -5.36. The molecule has 4 heterocycles. The molecule has 6 rings (SSSR count). The van der Waals surface area contributed by atoms with Crippen LogP contribution in [0.5, 0.6) is 0 Å². The Bertz CT molecular complexity index is 1950. The van der Waals surface area contributed by atoms with Crippen LogP contribution in [0.3, 0.4) is 0 Å². The molecule has 1 aliphatic heterocycles. The van der Waals surface area contributed by atoms with Crippen molar-refractivity contribution in [2.45, 2.75) is 25.8 Å². The minimum Gasteiger partial charge on any atom is -0.325 e. The third-order valence-electron chi connectivity index (χ3n) is 7.79. The van der Waals surface area contributed by atoms with Gasteiger partial charge in [-0.15, -0.1) is 5.10 Å². The van der Waals surface area contributed by atoms with Crippen molar-refractivity contribution >= 4 is 35.2 Å². The summed E-state index contributed by atoms with van der Waals surface area (Å²) in [6.45, 7) is 1.68. The summed E-state index contributed by atoms with van der Waals surface area (Å²) in [5, 5.41) is 15.2. The van der Waals surface area contributed by atoms with Gasteiger partial charge in [0, 0.05) is 54.4 Å². The van der Waals surface area contributed by atoms with Crippen molar-refractivity contribution in [1.82, 2.24) is 39.9 Å². The smallest absolute Gasteiger partial charge is 0.247 e. The summed E-state index contributed by atoms with van der Waals surface area (Å²) < 4.78 is 18.2. The lowest BCUT2D eigenvalue weighted by molar-refractivity contribution is -0.136. The van der Waals surface area contributed by atoms with Gasteiger partial charge >= 0.3 is 0 Å². The minimum absolute atomic E-state index is 0.0108. The fourth-order valence-corrected chi connectivity index (χ4v) is 5.75. The van der Waals surface area contributed by atoms with E-state index in [9.17, 15) is 14.4 Å². The molecule has 0 saturated carbocycles. The minimum atomic E-state index is -0.948. The molecule has 0 radical (unpaired) electrons. The maximum absolute atomic E-state index is 15.2. The number of carbonyl (C=O) groups is 3. The maximum Gasteiger partial charge on any atom is 0.247 e. The molecule has 1 unspecified atom stereocenters. The van der Waals surface area contributed by atoms with E-state index in [4.69, 9.17) is 11.6 Å². The quantitative estimate of drug-likeness (QED) is 0.183. The molecule has 0 fully saturated rings. The molecule has 0 spiro atoms. The highest BCUT2D eigenvalue weighted by Crippen LogP contribution is 2.37. The van der Waals surface area contributed by atoms with Gasteiger partial charge in [-0.05, 0) is 71.3 Å². The van der Waals surface area contributed by atoms with Crippen LogP contribution in [-0.4, -0.2) is 63.9 Å². The summed E-state index contributed by atoms with van der Waals surface area (Å²) >= 11 is 6.06. The van der Waals surface area contributed by atoms with E-state index in [0.29, 0.717) is 23.2 Å². The van der Waals surface area contributed by atoms with Crippen LogP contribution in [0.25, 0.3) is 23.0 Å². The van der Waals surface area contributed by atoms with Crippen LogP contribution in [0, 0.1) is 5.82 Å². The molecular weight excluding hydrogens is 599 g/mol. The van der Waals surface area contributed by atoms with Crippen LogP contribution in [0.4, 0.5) is 4.39 Å². The number of hydrogen-bond acceptors (Lipinski definition) is 8. The molecule has 45 heavy (non-hydrogen) atoms. The van der Waals surface area contributed by atoms with Gasteiger partial charge in [-0.1, -0.05) is 29.8 Å². The lowest BCUT2D eigenvalue weighted by Gasteiger charge is -2.37. The second-order valence-electron chi connectivity index (χ2n) is 10.5. The number of amides is 1. The number of carbonyl (C=O) groups excluding carboxylic acids is 3. The van der Waals surface area contributed by atoms with Crippen LogP contribution in [0.2, 0.25) is 5.02 Å². The highest BCUT2D eigenvalue weighted by atomic mass is 35.5. The fraction of sp³-hybridized carbons (Fsp3) is 0.188. The fourth-order valence-electron chi connectivity index (χ4n) is 5.58. The summed E-state index contributed by atoms with van der Waals surface area (Å²) in [5.41, 5.74) is 4.63. The molecule has 0 N–H and O–H groups in total. The van der Waals surface area contributed by atoms with E-state index in [2.05, 4.69) is 25.6 Å². The second-order valence-corrected chi connectivity index (χ2v) is 10.9. The highest BCUT2D eigenvalue weighted by molar-refractivity contribution is 6.31. The van der Waals surface area contributed by atoms with Gasteiger partial charge in [0.1, 0.15) is 12.4 Å². The second kappa shape index (κ2) is 12.3. The molecule has 0 saturated heterocycles. The Labute approximate surface area is 262 Å². The number of benzene rings is 2. The lowest BCUT2D eigenvalue weighted by Crippen LogP contribution is -2.43. The van der Waals surface area contributed by atoms with E-state index in [1.165, 1.54) is 47.2 Å². The lowest BCUT2D eigenvalue weighted by atomic mass is 9.85. The summed E-state index contributed by atoms with van der Waals surface area (Å²) in [4.78, 5) is 45.4. The van der Waals surface area contributed by atoms with Crippen molar-refractivity contribution in [1.29, 1.82) is 0 Å². The molecule has 226 valence electrons. The van der Waals surface area contributed by atoms with Crippen molar-refractivity contribution in [3.8, 4) is 16.9 Å². The summed E-state index contributed by atoms with van der Waals surface area (Å²) in [5.74, 6) is -1.63. The van der Waals surface area contributed by atoms with Gasteiger partial charge in [0.05, 0.1) is 22.8 Å². The van der Waals surface area contributed by atoms with Gasteiger partial charge in [-0.2, -0.15) is 9.78 Å². The molecule has 0 aliphatic carbocycles. The summed E-state index contributed by atoms with van der Waals surface area (Å²) in [7, 11) is 1.84. The Morgan fingerprint density at radius 2 is 1.96 bits per heavy atom. The summed E-state index contributed by atoms with van der Waals surface area (Å²) in [6, 6.07) is 12.8. The molecule has 11 nitrogen and oxygen atoms in total. The number of hydrogen-bond donors (Lipinski definition) is 0. The average Bonchev–Trinajstić information content (AvgIpc) is 3.73. The van der Waals surface area contributed by atoms with Gasteiger partial charge < -0.3 is 4.90 Å². The van der Waals surface area contributed by atoms with Crippen molar-refractivity contribution in [3.05, 3.63) is 112 Å². The van der Waals surface area contributed by atoms with Crippen LogP contribution >= 0.6 is 11.6 Å². The first-order chi connectivity index (χ1) is 21.7. The first kappa shape index (κ1) is 29.7. The van der Waals surface area contributed by atoms with E-state index >= 15 is 4.39 Å².